The average molecular weight is 676 g/mol. The minimum Gasteiger partial charge on any atom is -0.436 e. The van der Waals surface area contributed by atoms with Gasteiger partial charge >= 0.3 is 0 Å². The maximum absolute atomic E-state index is 13.3. The molecule has 5 heterocycles. The number of amides is 2. The number of nitrogens with one attached hydrogen (secondary N) is 2. The standard InChI is InChI=1S/C41H37N7O3/c49-36(22-26-10-3-1-4-11-26)47-20-8-16-33(47)39-43-30-19-18-28(24-32(30)45-39)35-25-42-41(51-35)29-14-7-15-31-38(29)46-40(44-31)34-17-9-21-48(34)37(50)23-27-12-5-2-6-13-27/h1-7,10-15,18-19,24-25,33-34H,8-9,16-17,20-23H2,(H,43,45)(H,44,46)/t33-,34?/m0/s1. The van der Waals surface area contributed by atoms with E-state index in [4.69, 9.17) is 14.4 Å². The minimum atomic E-state index is -0.106. The molecule has 7 aromatic rings. The molecule has 3 aromatic heterocycles. The second kappa shape index (κ2) is 13.0. The van der Waals surface area contributed by atoms with Gasteiger partial charge < -0.3 is 24.2 Å². The molecule has 2 saturated heterocycles. The Balaban J connectivity index is 0.948. The number of carbonyl (C=O) groups is 2. The normalized spacial score (nSPS) is 17.6. The van der Waals surface area contributed by atoms with E-state index >= 15 is 0 Å². The Bertz CT molecular complexity index is 2360. The summed E-state index contributed by atoms with van der Waals surface area (Å²) in [6, 6.07) is 31.5. The van der Waals surface area contributed by atoms with Gasteiger partial charge in [0.2, 0.25) is 17.7 Å². The summed E-state index contributed by atoms with van der Waals surface area (Å²) < 4.78 is 6.37. The highest BCUT2D eigenvalue weighted by atomic mass is 16.4. The Morgan fingerprint density at radius 2 is 1.33 bits per heavy atom. The van der Waals surface area contributed by atoms with Gasteiger partial charge in [-0.15, -0.1) is 0 Å². The molecular weight excluding hydrogens is 638 g/mol. The van der Waals surface area contributed by atoms with Crippen molar-refractivity contribution >= 4 is 33.9 Å². The summed E-state index contributed by atoms with van der Waals surface area (Å²) in [5.41, 5.74) is 7.04. The zero-order valence-electron chi connectivity index (χ0n) is 28.1. The lowest BCUT2D eigenvalue weighted by Gasteiger charge is -2.23. The van der Waals surface area contributed by atoms with Crippen molar-refractivity contribution in [2.24, 2.45) is 0 Å². The SMILES string of the molecule is O=C(Cc1ccccc1)N1CCCC1c1nc2c(-c3ncc(-c4ccc5nc([C@@H]6CCCN6C(=O)Cc6ccccc6)[nH]c5c4)o3)cccc2[nH]1. The van der Waals surface area contributed by atoms with Gasteiger partial charge in [0.05, 0.1) is 53.2 Å². The molecule has 0 aliphatic carbocycles. The monoisotopic (exact) mass is 675 g/mol. The van der Waals surface area contributed by atoms with E-state index in [0.29, 0.717) is 24.5 Å². The van der Waals surface area contributed by atoms with Crippen molar-refractivity contribution in [2.45, 2.75) is 50.6 Å². The number of H-pyrrole nitrogens is 2. The fourth-order valence-corrected chi connectivity index (χ4v) is 7.70. The fourth-order valence-electron chi connectivity index (χ4n) is 7.70. The van der Waals surface area contributed by atoms with Crippen LogP contribution in [-0.4, -0.2) is 59.6 Å². The molecule has 2 atom stereocenters. The lowest BCUT2D eigenvalue weighted by molar-refractivity contribution is -0.132. The third kappa shape index (κ3) is 5.96. The number of likely N-dealkylation sites (tertiary alicyclic amines) is 2. The second-order valence-corrected chi connectivity index (χ2v) is 13.5. The summed E-state index contributed by atoms with van der Waals surface area (Å²) in [4.78, 5) is 52.1. The highest BCUT2D eigenvalue weighted by Gasteiger charge is 2.33. The molecule has 0 spiro atoms. The molecule has 254 valence electrons. The predicted octanol–water partition coefficient (Wildman–Crippen LogP) is 7.57. The van der Waals surface area contributed by atoms with Crippen LogP contribution in [0.2, 0.25) is 0 Å². The van der Waals surface area contributed by atoms with E-state index in [-0.39, 0.29) is 23.9 Å². The number of nitrogens with zero attached hydrogens (tertiary/aromatic N) is 5. The molecule has 10 nitrogen and oxygen atoms in total. The van der Waals surface area contributed by atoms with Crippen LogP contribution in [0, 0.1) is 0 Å². The van der Waals surface area contributed by atoms with Crippen molar-refractivity contribution < 1.29 is 14.0 Å². The van der Waals surface area contributed by atoms with E-state index in [1.165, 1.54) is 0 Å². The lowest BCUT2D eigenvalue weighted by atomic mass is 10.1. The first-order valence-corrected chi connectivity index (χ1v) is 17.7. The van der Waals surface area contributed by atoms with E-state index in [9.17, 15) is 9.59 Å². The van der Waals surface area contributed by atoms with E-state index in [0.717, 1.165) is 94.7 Å². The number of para-hydroxylation sites is 1. The van der Waals surface area contributed by atoms with Crippen molar-refractivity contribution in [2.75, 3.05) is 13.1 Å². The molecular formula is C41H37N7O3. The van der Waals surface area contributed by atoms with Crippen LogP contribution in [0.3, 0.4) is 0 Å². The first-order valence-electron chi connectivity index (χ1n) is 17.7. The molecule has 2 aliphatic heterocycles. The van der Waals surface area contributed by atoms with Gasteiger partial charge in [-0.1, -0.05) is 66.7 Å². The van der Waals surface area contributed by atoms with Crippen LogP contribution in [0.5, 0.6) is 0 Å². The van der Waals surface area contributed by atoms with Crippen LogP contribution < -0.4 is 0 Å². The molecule has 2 N–H and O–H groups in total. The third-order valence-electron chi connectivity index (χ3n) is 10.2. The van der Waals surface area contributed by atoms with Crippen LogP contribution >= 0.6 is 0 Å². The summed E-state index contributed by atoms with van der Waals surface area (Å²) in [6.07, 6.45) is 6.12. The van der Waals surface area contributed by atoms with E-state index in [1.54, 1.807) is 6.20 Å². The number of carbonyl (C=O) groups excluding carboxylic acids is 2. The molecule has 9 rings (SSSR count). The summed E-state index contributed by atoms with van der Waals surface area (Å²) in [6.45, 7) is 1.45. The van der Waals surface area contributed by atoms with E-state index in [1.807, 2.05) is 107 Å². The molecule has 0 radical (unpaired) electrons. The largest absolute Gasteiger partial charge is 0.436 e. The van der Waals surface area contributed by atoms with Crippen LogP contribution in [0.15, 0.2) is 108 Å². The number of rotatable bonds is 8. The zero-order chi connectivity index (χ0) is 34.3. The van der Waals surface area contributed by atoms with Gasteiger partial charge in [0.25, 0.3) is 0 Å². The number of hydrogen-bond donors (Lipinski definition) is 2. The number of imidazole rings is 2. The Morgan fingerprint density at radius 1 is 0.706 bits per heavy atom. The molecule has 51 heavy (non-hydrogen) atoms. The van der Waals surface area contributed by atoms with Crippen LogP contribution in [0.4, 0.5) is 0 Å². The topological polar surface area (TPSA) is 124 Å². The number of fused-ring (bicyclic) bond motifs is 2. The van der Waals surface area contributed by atoms with Gasteiger partial charge in [0, 0.05) is 18.7 Å². The van der Waals surface area contributed by atoms with Crippen LogP contribution in [0.1, 0.15) is 60.5 Å². The van der Waals surface area contributed by atoms with Crippen molar-refractivity contribution in [3.63, 3.8) is 0 Å². The van der Waals surface area contributed by atoms with Gasteiger partial charge in [0.15, 0.2) is 5.76 Å². The average Bonchev–Trinajstić information content (AvgIpc) is 4.00. The first-order chi connectivity index (χ1) is 25.1. The Labute approximate surface area is 294 Å². The Hall–Kier alpha value is -6.03. The number of benzene rings is 4. The lowest BCUT2D eigenvalue weighted by Crippen LogP contribution is -2.32. The molecule has 2 amide bonds. The van der Waals surface area contributed by atoms with Gasteiger partial charge in [-0.2, -0.15) is 0 Å². The Morgan fingerprint density at radius 3 is 2.00 bits per heavy atom. The number of oxazole rings is 1. The summed E-state index contributed by atoms with van der Waals surface area (Å²) in [5.74, 6) is 2.93. The number of aromatic nitrogens is 5. The summed E-state index contributed by atoms with van der Waals surface area (Å²) >= 11 is 0. The molecule has 4 aromatic carbocycles. The molecule has 0 bridgehead atoms. The maximum atomic E-state index is 13.3. The molecule has 0 saturated carbocycles. The van der Waals surface area contributed by atoms with Crippen LogP contribution in [-0.2, 0) is 22.4 Å². The maximum Gasteiger partial charge on any atom is 0.228 e. The molecule has 2 aliphatic rings. The number of hydrogen-bond acceptors (Lipinski definition) is 6. The quantitative estimate of drug-likeness (QED) is 0.171. The number of aromatic amines is 2. The van der Waals surface area contributed by atoms with Crippen LogP contribution in [0.25, 0.3) is 44.8 Å². The third-order valence-corrected chi connectivity index (χ3v) is 10.2. The summed E-state index contributed by atoms with van der Waals surface area (Å²) in [7, 11) is 0. The van der Waals surface area contributed by atoms with E-state index < -0.39 is 0 Å². The van der Waals surface area contributed by atoms with Crippen molar-refractivity contribution in [1.29, 1.82) is 0 Å². The van der Waals surface area contributed by atoms with Gasteiger partial charge in [-0.3, -0.25) is 9.59 Å². The van der Waals surface area contributed by atoms with Gasteiger partial charge in [-0.05, 0) is 67.1 Å². The first kappa shape index (κ1) is 31.0. The molecule has 1 unspecified atom stereocenters. The fraction of sp³-hybridized carbons (Fsp3) is 0.244. The second-order valence-electron chi connectivity index (χ2n) is 13.5. The van der Waals surface area contributed by atoms with Gasteiger partial charge in [0.1, 0.15) is 17.2 Å². The van der Waals surface area contributed by atoms with Gasteiger partial charge in [-0.25, -0.2) is 15.0 Å². The van der Waals surface area contributed by atoms with Crippen molar-refractivity contribution in [1.82, 2.24) is 34.7 Å². The van der Waals surface area contributed by atoms with Crippen molar-refractivity contribution in [3.05, 3.63) is 126 Å². The van der Waals surface area contributed by atoms with E-state index in [2.05, 4.69) is 15.0 Å². The molecule has 10 heteroatoms. The Kier molecular flexibility index (Phi) is 7.91. The highest BCUT2D eigenvalue weighted by molar-refractivity contribution is 5.90. The smallest absolute Gasteiger partial charge is 0.228 e. The summed E-state index contributed by atoms with van der Waals surface area (Å²) in [5, 5.41) is 0. The zero-order valence-corrected chi connectivity index (χ0v) is 28.1. The minimum absolute atomic E-state index is 0.0773. The highest BCUT2D eigenvalue weighted by Crippen LogP contribution is 2.37. The predicted molar refractivity (Wildman–Crippen MR) is 194 cm³/mol. The van der Waals surface area contributed by atoms with Crippen molar-refractivity contribution in [3.8, 4) is 22.8 Å². The molecule has 2 fully saturated rings.